The lowest BCUT2D eigenvalue weighted by atomic mass is 10.0. The second kappa shape index (κ2) is 7.92. The van der Waals surface area contributed by atoms with Gasteiger partial charge >= 0.3 is 0 Å². The topological polar surface area (TPSA) is 9.23 Å². The van der Waals surface area contributed by atoms with Crippen LogP contribution < -0.4 is 0 Å². The van der Waals surface area contributed by atoms with Crippen molar-refractivity contribution in [1.82, 2.24) is 0 Å². The largest absolute Gasteiger partial charge is 0.378 e. The maximum atomic E-state index is 5.93. The Bertz CT molecular complexity index is 172. The average molecular weight is 210 g/mol. The zero-order valence-electron chi connectivity index (χ0n) is 10.4. The van der Waals surface area contributed by atoms with Gasteiger partial charge in [-0.05, 0) is 31.6 Å². The zero-order chi connectivity index (χ0) is 10.9. The molecule has 0 N–H and O–H groups in total. The maximum absolute atomic E-state index is 5.93. The predicted octanol–water partition coefficient (Wildman–Crippen LogP) is 4.33. The molecule has 15 heavy (non-hydrogen) atoms. The van der Waals surface area contributed by atoms with Gasteiger partial charge in [-0.1, -0.05) is 45.3 Å². The SMILES string of the molecule is CC(C)C1CC=CCCCCCCCO1. The summed E-state index contributed by atoms with van der Waals surface area (Å²) in [6.45, 7) is 5.46. The third-order valence-electron chi connectivity index (χ3n) is 3.13. The fraction of sp³-hybridized carbons (Fsp3) is 0.857. The summed E-state index contributed by atoms with van der Waals surface area (Å²) >= 11 is 0. The molecule has 0 aromatic carbocycles. The van der Waals surface area contributed by atoms with Gasteiger partial charge < -0.3 is 4.74 Å². The van der Waals surface area contributed by atoms with E-state index < -0.39 is 0 Å². The molecule has 1 aliphatic heterocycles. The monoisotopic (exact) mass is 210 g/mol. The fourth-order valence-corrected chi connectivity index (χ4v) is 2.01. The van der Waals surface area contributed by atoms with E-state index in [4.69, 9.17) is 4.74 Å². The Balaban J connectivity index is 2.36. The minimum absolute atomic E-state index is 0.431. The summed E-state index contributed by atoms with van der Waals surface area (Å²) in [6, 6.07) is 0. The normalized spacial score (nSPS) is 25.9. The van der Waals surface area contributed by atoms with E-state index in [1.807, 2.05) is 0 Å². The highest BCUT2D eigenvalue weighted by Crippen LogP contribution is 2.15. The predicted molar refractivity (Wildman–Crippen MR) is 66.0 cm³/mol. The second-order valence-electron chi connectivity index (χ2n) is 4.92. The van der Waals surface area contributed by atoms with Crippen LogP contribution in [0.3, 0.4) is 0 Å². The van der Waals surface area contributed by atoms with Crippen LogP contribution in [0.5, 0.6) is 0 Å². The van der Waals surface area contributed by atoms with E-state index in [0.717, 1.165) is 13.0 Å². The first kappa shape index (κ1) is 12.8. The van der Waals surface area contributed by atoms with Crippen LogP contribution in [0.15, 0.2) is 12.2 Å². The Morgan fingerprint density at radius 1 is 1.00 bits per heavy atom. The Morgan fingerprint density at radius 2 is 1.73 bits per heavy atom. The fourth-order valence-electron chi connectivity index (χ4n) is 2.01. The van der Waals surface area contributed by atoms with Crippen LogP contribution in [0.1, 0.15) is 58.8 Å². The lowest BCUT2D eigenvalue weighted by Gasteiger charge is -2.20. The molecule has 1 heterocycles. The summed E-state index contributed by atoms with van der Waals surface area (Å²) in [5.41, 5.74) is 0. The molecule has 0 fully saturated rings. The molecular formula is C14H26O. The Hall–Kier alpha value is -0.300. The van der Waals surface area contributed by atoms with Crippen molar-refractivity contribution in [1.29, 1.82) is 0 Å². The number of allylic oxidation sites excluding steroid dienone is 1. The maximum Gasteiger partial charge on any atom is 0.0632 e. The summed E-state index contributed by atoms with van der Waals surface area (Å²) in [6.07, 6.45) is 14.1. The van der Waals surface area contributed by atoms with Crippen LogP contribution in [-0.4, -0.2) is 12.7 Å². The van der Waals surface area contributed by atoms with Crippen LogP contribution in [0.2, 0.25) is 0 Å². The third kappa shape index (κ3) is 5.99. The highest BCUT2D eigenvalue weighted by Gasteiger charge is 2.11. The van der Waals surface area contributed by atoms with E-state index in [2.05, 4.69) is 26.0 Å². The molecular weight excluding hydrogens is 184 g/mol. The van der Waals surface area contributed by atoms with Gasteiger partial charge in [0.2, 0.25) is 0 Å². The molecule has 0 aromatic heterocycles. The van der Waals surface area contributed by atoms with Gasteiger partial charge in [-0.15, -0.1) is 0 Å². The van der Waals surface area contributed by atoms with Gasteiger partial charge in [-0.3, -0.25) is 0 Å². The molecule has 1 aliphatic rings. The molecule has 1 unspecified atom stereocenters. The van der Waals surface area contributed by atoms with E-state index in [1.54, 1.807) is 0 Å². The number of ether oxygens (including phenoxy) is 1. The molecule has 1 rings (SSSR count). The lowest BCUT2D eigenvalue weighted by molar-refractivity contribution is 0.0222. The number of rotatable bonds is 1. The van der Waals surface area contributed by atoms with Gasteiger partial charge in [0.25, 0.3) is 0 Å². The first-order chi connectivity index (χ1) is 7.30. The van der Waals surface area contributed by atoms with E-state index >= 15 is 0 Å². The standard InChI is InChI=1S/C14H26O/c1-13(2)14-11-9-7-5-3-4-6-8-10-12-15-14/h7,9,13-14H,3-6,8,10-12H2,1-2H3. The minimum Gasteiger partial charge on any atom is -0.378 e. The van der Waals surface area contributed by atoms with E-state index in [0.29, 0.717) is 12.0 Å². The summed E-state index contributed by atoms with van der Waals surface area (Å²) in [7, 11) is 0. The molecule has 0 amide bonds. The van der Waals surface area contributed by atoms with Crippen molar-refractivity contribution < 1.29 is 4.74 Å². The highest BCUT2D eigenvalue weighted by molar-refractivity contribution is 4.85. The Morgan fingerprint density at radius 3 is 2.53 bits per heavy atom. The second-order valence-corrected chi connectivity index (χ2v) is 4.92. The summed E-state index contributed by atoms with van der Waals surface area (Å²) in [4.78, 5) is 0. The van der Waals surface area contributed by atoms with Gasteiger partial charge in [-0.2, -0.15) is 0 Å². The van der Waals surface area contributed by atoms with Gasteiger partial charge in [0.05, 0.1) is 6.10 Å². The molecule has 0 aliphatic carbocycles. The van der Waals surface area contributed by atoms with E-state index in [-0.39, 0.29) is 0 Å². The number of hydrogen-bond acceptors (Lipinski definition) is 1. The smallest absolute Gasteiger partial charge is 0.0632 e. The van der Waals surface area contributed by atoms with E-state index in [1.165, 1.54) is 38.5 Å². The average Bonchev–Trinajstić information content (AvgIpc) is 2.18. The third-order valence-corrected chi connectivity index (χ3v) is 3.13. The van der Waals surface area contributed by atoms with Gasteiger partial charge in [-0.25, -0.2) is 0 Å². The van der Waals surface area contributed by atoms with Crippen molar-refractivity contribution >= 4 is 0 Å². The summed E-state index contributed by atoms with van der Waals surface area (Å²) < 4.78 is 5.93. The van der Waals surface area contributed by atoms with Crippen molar-refractivity contribution in [2.24, 2.45) is 5.92 Å². The molecule has 0 saturated carbocycles. The quantitative estimate of drug-likeness (QED) is 0.585. The van der Waals surface area contributed by atoms with Crippen molar-refractivity contribution in [2.45, 2.75) is 64.9 Å². The number of hydrogen-bond donors (Lipinski definition) is 0. The minimum atomic E-state index is 0.431. The lowest BCUT2D eigenvalue weighted by Crippen LogP contribution is -2.19. The van der Waals surface area contributed by atoms with Crippen LogP contribution in [0.25, 0.3) is 0 Å². The van der Waals surface area contributed by atoms with Gasteiger partial charge in [0.1, 0.15) is 0 Å². The molecule has 0 aromatic rings. The van der Waals surface area contributed by atoms with Crippen LogP contribution in [0.4, 0.5) is 0 Å². The van der Waals surface area contributed by atoms with E-state index in [9.17, 15) is 0 Å². The molecule has 1 heteroatoms. The molecule has 1 atom stereocenters. The van der Waals surface area contributed by atoms with Crippen LogP contribution in [-0.2, 0) is 4.74 Å². The van der Waals surface area contributed by atoms with Gasteiger partial charge in [0, 0.05) is 6.61 Å². The van der Waals surface area contributed by atoms with Crippen molar-refractivity contribution in [2.75, 3.05) is 6.61 Å². The highest BCUT2D eigenvalue weighted by atomic mass is 16.5. The van der Waals surface area contributed by atoms with Crippen molar-refractivity contribution in [3.05, 3.63) is 12.2 Å². The summed E-state index contributed by atoms with van der Waals surface area (Å²) in [5, 5.41) is 0. The molecule has 0 saturated heterocycles. The Kier molecular flexibility index (Phi) is 6.74. The van der Waals surface area contributed by atoms with Crippen LogP contribution in [0, 0.1) is 5.92 Å². The van der Waals surface area contributed by atoms with Crippen molar-refractivity contribution in [3.63, 3.8) is 0 Å². The van der Waals surface area contributed by atoms with Crippen molar-refractivity contribution in [3.8, 4) is 0 Å². The van der Waals surface area contributed by atoms with Gasteiger partial charge in [0.15, 0.2) is 0 Å². The molecule has 0 spiro atoms. The molecule has 0 radical (unpaired) electrons. The first-order valence-electron chi connectivity index (χ1n) is 6.57. The Labute approximate surface area is 94.9 Å². The molecule has 88 valence electrons. The molecule has 0 bridgehead atoms. The van der Waals surface area contributed by atoms with Crippen LogP contribution >= 0.6 is 0 Å². The summed E-state index contributed by atoms with van der Waals surface area (Å²) in [5.74, 6) is 0.637. The zero-order valence-corrected chi connectivity index (χ0v) is 10.4. The first-order valence-corrected chi connectivity index (χ1v) is 6.57. The molecule has 1 nitrogen and oxygen atoms in total.